The van der Waals surface area contributed by atoms with E-state index in [1.54, 1.807) is 0 Å². The molecule has 0 aliphatic carbocycles. The summed E-state index contributed by atoms with van der Waals surface area (Å²) in [5, 5.41) is 9.39. The van der Waals surface area contributed by atoms with Crippen molar-refractivity contribution in [2.75, 3.05) is 19.6 Å². The molecule has 0 bridgehead atoms. The van der Waals surface area contributed by atoms with Crippen molar-refractivity contribution in [1.29, 1.82) is 0 Å². The van der Waals surface area contributed by atoms with Crippen molar-refractivity contribution in [1.82, 2.24) is 4.90 Å². The van der Waals surface area contributed by atoms with Crippen LogP contribution in [0.3, 0.4) is 0 Å². The zero-order valence-electron chi connectivity index (χ0n) is 10.2. The van der Waals surface area contributed by atoms with E-state index in [2.05, 4.69) is 4.90 Å². The lowest BCUT2D eigenvalue weighted by molar-refractivity contribution is 0.0964. The summed E-state index contributed by atoms with van der Waals surface area (Å²) >= 11 is 0. The first-order valence-electron chi connectivity index (χ1n) is 6.15. The zero-order chi connectivity index (χ0) is 12.3. The van der Waals surface area contributed by atoms with Gasteiger partial charge in [0, 0.05) is 31.6 Å². The van der Waals surface area contributed by atoms with Gasteiger partial charge in [-0.05, 0) is 13.3 Å². The Morgan fingerprint density at radius 2 is 2.12 bits per heavy atom. The summed E-state index contributed by atoms with van der Waals surface area (Å²) in [7, 11) is 0. The molecule has 1 unspecified atom stereocenters. The standard InChI is InChI=1S/C14H19NO2/c1-11-2-4-12(5-3-11)14(17)7-9-15-8-6-13(16)10-15/h2-5,13,16H,6-10H2,1H3. The van der Waals surface area contributed by atoms with Crippen LogP contribution in [-0.4, -0.2) is 41.5 Å². The number of β-amino-alcohol motifs (C(OH)–C–C–N with tert-alkyl or cyclic N) is 1. The first kappa shape index (κ1) is 12.3. The molecule has 17 heavy (non-hydrogen) atoms. The zero-order valence-corrected chi connectivity index (χ0v) is 10.2. The van der Waals surface area contributed by atoms with Gasteiger partial charge in [0.1, 0.15) is 0 Å². The lowest BCUT2D eigenvalue weighted by Gasteiger charge is -2.13. The van der Waals surface area contributed by atoms with Gasteiger partial charge in [0.25, 0.3) is 0 Å². The molecule has 1 saturated heterocycles. The highest BCUT2D eigenvalue weighted by Crippen LogP contribution is 2.11. The predicted octanol–water partition coefficient (Wildman–Crippen LogP) is 1.63. The van der Waals surface area contributed by atoms with Gasteiger partial charge in [-0.2, -0.15) is 0 Å². The number of likely N-dealkylation sites (tertiary alicyclic amines) is 1. The van der Waals surface area contributed by atoms with Crippen molar-refractivity contribution >= 4 is 5.78 Å². The fraction of sp³-hybridized carbons (Fsp3) is 0.500. The molecule has 0 aromatic heterocycles. The van der Waals surface area contributed by atoms with E-state index in [9.17, 15) is 9.90 Å². The SMILES string of the molecule is Cc1ccc(C(=O)CCN2CCC(O)C2)cc1. The first-order valence-corrected chi connectivity index (χ1v) is 6.15. The third kappa shape index (κ3) is 3.38. The lowest BCUT2D eigenvalue weighted by atomic mass is 10.1. The summed E-state index contributed by atoms with van der Waals surface area (Å²) in [6.07, 6.45) is 1.17. The molecule has 0 spiro atoms. The molecule has 3 nitrogen and oxygen atoms in total. The Kier molecular flexibility index (Phi) is 3.92. The molecule has 92 valence electrons. The van der Waals surface area contributed by atoms with E-state index in [0.717, 1.165) is 25.1 Å². The predicted molar refractivity (Wildman–Crippen MR) is 67.2 cm³/mol. The van der Waals surface area contributed by atoms with E-state index >= 15 is 0 Å². The number of aryl methyl sites for hydroxylation is 1. The number of benzene rings is 1. The van der Waals surface area contributed by atoms with E-state index in [0.29, 0.717) is 13.0 Å². The molecule has 1 N–H and O–H groups in total. The topological polar surface area (TPSA) is 40.5 Å². The van der Waals surface area contributed by atoms with Crippen LogP contribution in [-0.2, 0) is 0 Å². The number of aliphatic hydroxyl groups excluding tert-OH is 1. The van der Waals surface area contributed by atoms with E-state index in [1.807, 2.05) is 31.2 Å². The molecule has 0 radical (unpaired) electrons. The number of ketones is 1. The normalized spacial score (nSPS) is 20.7. The number of Topliss-reactive ketones (excluding diaryl/α,β-unsaturated/α-hetero) is 1. The molecular formula is C14H19NO2. The van der Waals surface area contributed by atoms with Gasteiger partial charge in [-0.15, -0.1) is 0 Å². The van der Waals surface area contributed by atoms with E-state index < -0.39 is 0 Å². The smallest absolute Gasteiger partial charge is 0.164 e. The van der Waals surface area contributed by atoms with E-state index in [4.69, 9.17) is 0 Å². The van der Waals surface area contributed by atoms with Gasteiger partial charge in [-0.3, -0.25) is 4.79 Å². The summed E-state index contributed by atoms with van der Waals surface area (Å²) in [6.45, 7) is 4.38. The maximum atomic E-state index is 11.9. The summed E-state index contributed by atoms with van der Waals surface area (Å²) in [5.41, 5.74) is 1.96. The van der Waals surface area contributed by atoms with Crippen molar-refractivity contribution < 1.29 is 9.90 Å². The Hall–Kier alpha value is -1.19. The third-order valence-corrected chi connectivity index (χ3v) is 3.28. The molecule has 1 aliphatic heterocycles. The molecule has 1 fully saturated rings. The first-order chi connectivity index (χ1) is 8.15. The second-order valence-electron chi connectivity index (χ2n) is 4.78. The minimum Gasteiger partial charge on any atom is -0.392 e. The quantitative estimate of drug-likeness (QED) is 0.804. The maximum absolute atomic E-state index is 11.9. The van der Waals surface area contributed by atoms with E-state index in [1.165, 1.54) is 5.56 Å². The Balaban J connectivity index is 1.83. The van der Waals surface area contributed by atoms with Crippen molar-refractivity contribution in [3.05, 3.63) is 35.4 Å². The molecular weight excluding hydrogens is 214 g/mol. The van der Waals surface area contributed by atoms with Crippen molar-refractivity contribution in [3.8, 4) is 0 Å². The largest absolute Gasteiger partial charge is 0.392 e. The fourth-order valence-electron chi connectivity index (χ4n) is 2.16. The highest BCUT2D eigenvalue weighted by molar-refractivity contribution is 5.96. The molecule has 1 aromatic carbocycles. The number of hydrogen-bond acceptors (Lipinski definition) is 3. The summed E-state index contributed by atoms with van der Waals surface area (Å²) < 4.78 is 0. The van der Waals surface area contributed by atoms with Crippen LogP contribution in [0, 0.1) is 6.92 Å². The summed E-state index contributed by atoms with van der Waals surface area (Å²) in [6, 6.07) is 7.70. The van der Waals surface area contributed by atoms with Gasteiger partial charge in [0.05, 0.1) is 6.10 Å². The van der Waals surface area contributed by atoms with Gasteiger partial charge < -0.3 is 10.0 Å². The number of nitrogens with zero attached hydrogens (tertiary/aromatic N) is 1. The number of carbonyl (C=O) groups excluding carboxylic acids is 1. The van der Waals surface area contributed by atoms with Crippen LogP contribution in [0.4, 0.5) is 0 Å². The molecule has 1 atom stereocenters. The minimum absolute atomic E-state index is 0.186. The van der Waals surface area contributed by atoms with Crippen LogP contribution in [0.2, 0.25) is 0 Å². The third-order valence-electron chi connectivity index (χ3n) is 3.28. The summed E-state index contributed by atoms with van der Waals surface area (Å²) in [5.74, 6) is 0.186. The van der Waals surface area contributed by atoms with Crippen LogP contribution in [0.1, 0.15) is 28.8 Å². The van der Waals surface area contributed by atoms with Crippen LogP contribution in [0.15, 0.2) is 24.3 Å². The molecule has 3 heteroatoms. The molecule has 0 amide bonds. The number of hydrogen-bond donors (Lipinski definition) is 1. The van der Waals surface area contributed by atoms with Crippen LogP contribution < -0.4 is 0 Å². The second-order valence-corrected chi connectivity index (χ2v) is 4.78. The number of carbonyl (C=O) groups is 1. The van der Waals surface area contributed by atoms with E-state index in [-0.39, 0.29) is 11.9 Å². The van der Waals surface area contributed by atoms with Gasteiger partial charge >= 0.3 is 0 Å². The number of rotatable bonds is 4. The summed E-state index contributed by atoms with van der Waals surface area (Å²) in [4.78, 5) is 14.1. The van der Waals surface area contributed by atoms with Crippen LogP contribution >= 0.6 is 0 Å². The van der Waals surface area contributed by atoms with Crippen LogP contribution in [0.5, 0.6) is 0 Å². The monoisotopic (exact) mass is 233 g/mol. The van der Waals surface area contributed by atoms with Gasteiger partial charge in [0.2, 0.25) is 0 Å². The Morgan fingerprint density at radius 3 is 2.71 bits per heavy atom. The van der Waals surface area contributed by atoms with Gasteiger partial charge in [-0.1, -0.05) is 29.8 Å². The van der Waals surface area contributed by atoms with Gasteiger partial charge in [-0.25, -0.2) is 0 Å². The minimum atomic E-state index is -0.204. The van der Waals surface area contributed by atoms with Gasteiger partial charge in [0.15, 0.2) is 5.78 Å². The molecule has 2 rings (SSSR count). The van der Waals surface area contributed by atoms with Crippen molar-refractivity contribution in [3.63, 3.8) is 0 Å². The second kappa shape index (κ2) is 5.43. The van der Waals surface area contributed by atoms with Crippen molar-refractivity contribution in [2.45, 2.75) is 25.9 Å². The Labute approximate surface area is 102 Å². The molecule has 1 heterocycles. The molecule has 0 saturated carbocycles. The molecule has 1 aromatic rings. The highest BCUT2D eigenvalue weighted by Gasteiger charge is 2.20. The maximum Gasteiger partial charge on any atom is 0.164 e. The Morgan fingerprint density at radius 1 is 1.41 bits per heavy atom. The molecule has 1 aliphatic rings. The highest BCUT2D eigenvalue weighted by atomic mass is 16.3. The lowest BCUT2D eigenvalue weighted by Crippen LogP contribution is -2.25. The van der Waals surface area contributed by atoms with Crippen LogP contribution in [0.25, 0.3) is 0 Å². The average Bonchev–Trinajstić information content (AvgIpc) is 2.73. The number of aliphatic hydroxyl groups is 1. The Bertz CT molecular complexity index is 386. The average molecular weight is 233 g/mol. The van der Waals surface area contributed by atoms with Crippen molar-refractivity contribution in [2.24, 2.45) is 0 Å². The fourth-order valence-corrected chi connectivity index (χ4v) is 2.16.